The Labute approximate surface area is 98.0 Å². The van der Waals surface area contributed by atoms with Crippen molar-refractivity contribution < 1.29 is 13.5 Å². The van der Waals surface area contributed by atoms with Crippen molar-refractivity contribution in [2.45, 2.75) is 39.2 Å². The maximum atomic E-state index is 11.8. The summed E-state index contributed by atoms with van der Waals surface area (Å²) in [7, 11) is -3.34. The quantitative estimate of drug-likeness (QED) is 0.738. The molecule has 0 aromatic carbocycles. The lowest BCUT2D eigenvalue weighted by Crippen LogP contribution is -2.46. The molecular formula is C10H22N2O3S. The van der Waals surface area contributed by atoms with Gasteiger partial charge in [0.2, 0.25) is 0 Å². The Kier molecular flexibility index (Phi) is 5.17. The summed E-state index contributed by atoms with van der Waals surface area (Å²) in [4.78, 5) is 0. The molecule has 16 heavy (non-hydrogen) atoms. The van der Waals surface area contributed by atoms with E-state index in [2.05, 4.69) is 11.6 Å². The summed E-state index contributed by atoms with van der Waals surface area (Å²) < 4.78 is 27.7. The van der Waals surface area contributed by atoms with Gasteiger partial charge in [-0.2, -0.15) is 12.7 Å². The number of aliphatic hydroxyl groups is 1. The average molecular weight is 250 g/mol. The summed E-state index contributed by atoms with van der Waals surface area (Å²) in [5.41, 5.74) is 0. The van der Waals surface area contributed by atoms with Gasteiger partial charge in [-0.15, -0.1) is 0 Å². The van der Waals surface area contributed by atoms with E-state index in [-0.39, 0.29) is 0 Å². The highest BCUT2D eigenvalue weighted by atomic mass is 32.2. The molecule has 6 heteroatoms. The zero-order valence-electron chi connectivity index (χ0n) is 10.0. The molecule has 1 heterocycles. The first-order valence-corrected chi connectivity index (χ1v) is 7.28. The smallest absolute Gasteiger partial charge is 0.279 e. The summed E-state index contributed by atoms with van der Waals surface area (Å²) in [5, 5.41) is 9.05. The molecular weight excluding hydrogens is 228 g/mol. The Balaban J connectivity index is 2.43. The highest BCUT2D eigenvalue weighted by Crippen LogP contribution is 2.17. The number of rotatable bonds is 5. The van der Waals surface area contributed by atoms with Gasteiger partial charge in [0.05, 0.1) is 6.10 Å². The molecule has 1 fully saturated rings. The van der Waals surface area contributed by atoms with Crippen molar-refractivity contribution in [3.63, 3.8) is 0 Å². The molecule has 1 saturated heterocycles. The van der Waals surface area contributed by atoms with Crippen LogP contribution in [0.2, 0.25) is 0 Å². The minimum absolute atomic E-state index is 0.297. The van der Waals surface area contributed by atoms with Crippen LogP contribution in [-0.2, 0) is 10.2 Å². The van der Waals surface area contributed by atoms with Crippen molar-refractivity contribution in [3.8, 4) is 0 Å². The molecule has 5 nitrogen and oxygen atoms in total. The van der Waals surface area contributed by atoms with Gasteiger partial charge in [-0.1, -0.05) is 6.92 Å². The molecule has 2 unspecified atom stereocenters. The van der Waals surface area contributed by atoms with Gasteiger partial charge in [0.1, 0.15) is 0 Å². The molecule has 0 saturated carbocycles. The molecule has 2 atom stereocenters. The molecule has 0 aromatic heterocycles. The second-order valence-corrected chi connectivity index (χ2v) is 6.40. The maximum Gasteiger partial charge on any atom is 0.279 e. The second-order valence-electron chi connectivity index (χ2n) is 4.64. The first kappa shape index (κ1) is 13.9. The number of aliphatic hydroxyl groups excluding tert-OH is 1. The third-order valence-corrected chi connectivity index (χ3v) is 4.39. The molecule has 0 amide bonds. The van der Waals surface area contributed by atoms with Crippen molar-refractivity contribution in [2.75, 3.05) is 19.6 Å². The average Bonchev–Trinajstić information content (AvgIpc) is 2.16. The topological polar surface area (TPSA) is 69.6 Å². The Morgan fingerprint density at radius 1 is 1.56 bits per heavy atom. The highest BCUT2D eigenvalue weighted by molar-refractivity contribution is 7.87. The summed E-state index contributed by atoms with van der Waals surface area (Å²) in [6.45, 7) is 5.22. The van der Waals surface area contributed by atoms with Crippen molar-refractivity contribution in [1.29, 1.82) is 0 Å². The summed E-state index contributed by atoms with van der Waals surface area (Å²) in [6.07, 6.45) is 2.00. The van der Waals surface area contributed by atoms with E-state index in [4.69, 9.17) is 5.11 Å². The van der Waals surface area contributed by atoms with Crippen molar-refractivity contribution in [1.82, 2.24) is 9.03 Å². The van der Waals surface area contributed by atoms with Gasteiger partial charge < -0.3 is 5.11 Å². The lowest BCUT2D eigenvalue weighted by atomic mass is 10.0. The van der Waals surface area contributed by atoms with E-state index in [1.165, 1.54) is 4.31 Å². The minimum Gasteiger partial charge on any atom is -0.393 e. The van der Waals surface area contributed by atoms with E-state index in [1.807, 2.05) is 0 Å². The standard InChI is InChI=1S/C10H22N2O3S/c1-9-4-3-7-12(8-9)16(14,15)11-6-5-10(2)13/h9-11,13H,3-8H2,1-2H3. The number of piperidine rings is 1. The van der Waals surface area contributed by atoms with Crippen LogP contribution in [0.25, 0.3) is 0 Å². The van der Waals surface area contributed by atoms with Crippen LogP contribution >= 0.6 is 0 Å². The molecule has 0 aromatic rings. The molecule has 2 N–H and O–H groups in total. The van der Waals surface area contributed by atoms with E-state index >= 15 is 0 Å². The van der Waals surface area contributed by atoms with E-state index in [0.29, 0.717) is 32.0 Å². The van der Waals surface area contributed by atoms with Gasteiger partial charge in [-0.25, -0.2) is 4.72 Å². The van der Waals surface area contributed by atoms with Crippen LogP contribution in [0.3, 0.4) is 0 Å². The monoisotopic (exact) mass is 250 g/mol. The maximum absolute atomic E-state index is 11.8. The first-order chi connectivity index (χ1) is 7.42. The number of nitrogens with one attached hydrogen (secondary N) is 1. The molecule has 1 aliphatic rings. The third-order valence-electron chi connectivity index (χ3n) is 2.81. The minimum atomic E-state index is -3.34. The molecule has 0 aliphatic carbocycles. The fourth-order valence-corrected chi connectivity index (χ4v) is 3.23. The van der Waals surface area contributed by atoms with Crippen LogP contribution in [0.5, 0.6) is 0 Å². The largest absolute Gasteiger partial charge is 0.393 e. The molecule has 0 bridgehead atoms. The summed E-state index contributed by atoms with van der Waals surface area (Å²) in [6, 6.07) is 0. The molecule has 1 rings (SSSR count). The van der Waals surface area contributed by atoms with Crippen LogP contribution in [-0.4, -0.2) is 43.6 Å². The number of hydrogen-bond acceptors (Lipinski definition) is 3. The SMILES string of the molecule is CC(O)CCNS(=O)(=O)N1CCCC(C)C1. The number of hydrogen-bond donors (Lipinski definition) is 2. The van der Waals surface area contributed by atoms with Crippen LogP contribution in [0.4, 0.5) is 0 Å². The molecule has 0 radical (unpaired) electrons. The summed E-state index contributed by atoms with van der Waals surface area (Å²) >= 11 is 0. The lowest BCUT2D eigenvalue weighted by molar-refractivity contribution is 0.185. The fraction of sp³-hybridized carbons (Fsp3) is 1.00. The molecule has 96 valence electrons. The van der Waals surface area contributed by atoms with Gasteiger partial charge in [0.25, 0.3) is 10.2 Å². The normalized spacial score (nSPS) is 25.6. The van der Waals surface area contributed by atoms with Crippen LogP contribution < -0.4 is 4.72 Å². The van der Waals surface area contributed by atoms with Gasteiger partial charge in [-0.05, 0) is 32.1 Å². The Morgan fingerprint density at radius 3 is 2.81 bits per heavy atom. The summed E-state index contributed by atoms with van der Waals surface area (Å²) in [5.74, 6) is 0.432. The van der Waals surface area contributed by atoms with Crippen molar-refractivity contribution in [2.24, 2.45) is 5.92 Å². The highest BCUT2D eigenvalue weighted by Gasteiger charge is 2.26. The van der Waals surface area contributed by atoms with Gasteiger partial charge in [0.15, 0.2) is 0 Å². The van der Waals surface area contributed by atoms with Crippen LogP contribution in [0, 0.1) is 5.92 Å². The van der Waals surface area contributed by atoms with E-state index in [9.17, 15) is 8.42 Å². The fourth-order valence-electron chi connectivity index (χ4n) is 1.85. The van der Waals surface area contributed by atoms with E-state index in [0.717, 1.165) is 12.8 Å². The number of nitrogens with zero attached hydrogens (tertiary/aromatic N) is 1. The van der Waals surface area contributed by atoms with Crippen LogP contribution in [0.15, 0.2) is 0 Å². The second kappa shape index (κ2) is 5.95. The predicted molar refractivity (Wildman–Crippen MR) is 63.2 cm³/mol. The molecule has 0 spiro atoms. The van der Waals surface area contributed by atoms with Gasteiger partial charge in [-0.3, -0.25) is 0 Å². The van der Waals surface area contributed by atoms with E-state index < -0.39 is 16.3 Å². The Hall–Kier alpha value is -0.170. The zero-order valence-corrected chi connectivity index (χ0v) is 10.8. The van der Waals surface area contributed by atoms with Crippen molar-refractivity contribution >= 4 is 10.2 Å². The Morgan fingerprint density at radius 2 is 2.25 bits per heavy atom. The first-order valence-electron chi connectivity index (χ1n) is 5.84. The van der Waals surface area contributed by atoms with Gasteiger partial charge in [0, 0.05) is 19.6 Å². The lowest BCUT2D eigenvalue weighted by Gasteiger charge is -2.30. The zero-order chi connectivity index (χ0) is 12.2. The Bertz CT molecular complexity index is 303. The van der Waals surface area contributed by atoms with E-state index in [1.54, 1.807) is 6.92 Å². The van der Waals surface area contributed by atoms with Gasteiger partial charge >= 0.3 is 0 Å². The van der Waals surface area contributed by atoms with Crippen LogP contribution in [0.1, 0.15) is 33.1 Å². The predicted octanol–water partition coefficient (Wildman–Crippen LogP) is 0.324. The third kappa shape index (κ3) is 4.37. The molecule has 1 aliphatic heterocycles. The van der Waals surface area contributed by atoms with Crippen molar-refractivity contribution in [3.05, 3.63) is 0 Å².